The maximum atomic E-state index is 13.9. The number of aromatic nitrogens is 2. The van der Waals surface area contributed by atoms with Crippen molar-refractivity contribution in [2.45, 2.75) is 0 Å². The molecule has 2 heterocycles. The molecule has 31 heavy (non-hydrogen) atoms. The molecule has 0 amide bonds. The van der Waals surface area contributed by atoms with E-state index in [0.29, 0.717) is 27.2 Å². The molecule has 2 aromatic heterocycles. The highest BCUT2D eigenvalue weighted by molar-refractivity contribution is 9.10. The van der Waals surface area contributed by atoms with Crippen molar-refractivity contribution in [1.29, 1.82) is 0 Å². The zero-order chi connectivity index (χ0) is 22.1. The lowest BCUT2D eigenvalue weighted by molar-refractivity contribution is 0.0600. The van der Waals surface area contributed by atoms with Crippen LogP contribution in [0, 0.1) is 11.6 Å². The van der Waals surface area contributed by atoms with Gasteiger partial charge in [-0.15, -0.1) is 5.10 Å². The second-order valence-corrected chi connectivity index (χ2v) is 7.27. The smallest absolute Gasteiger partial charge is 0.337 e. The highest BCUT2D eigenvalue weighted by Crippen LogP contribution is 2.31. The number of rotatable bonds is 4. The molecule has 4 rings (SSSR count). The number of hydrogen-bond donors (Lipinski definition) is 0. The molecule has 0 aliphatic rings. The van der Waals surface area contributed by atoms with E-state index in [0.717, 1.165) is 12.1 Å². The van der Waals surface area contributed by atoms with Gasteiger partial charge in [0.15, 0.2) is 17.0 Å². The van der Waals surface area contributed by atoms with Crippen LogP contribution in [0.4, 0.5) is 8.78 Å². The summed E-state index contributed by atoms with van der Waals surface area (Å²) >= 11 is 3.41. The first-order valence-electron chi connectivity index (χ1n) is 8.91. The minimum Gasteiger partial charge on any atom is -0.465 e. The van der Waals surface area contributed by atoms with Gasteiger partial charge in [-0.05, 0) is 36.4 Å². The fourth-order valence-corrected chi connectivity index (χ4v) is 3.48. The number of methoxy groups -OCH3 is 1. The van der Waals surface area contributed by atoms with E-state index in [9.17, 15) is 18.4 Å². The lowest BCUT2D eigenvalue weighted by atomic mass is 10.0. The molecule has 6 nitrogen and oxygen atoms in total. The maximum absolute atomic E-state index is 13.9. The molecule has 0 radical (unpaired) electrons. The third kappa shape index (κ3) is 4.04. The van der Waals surface area contributed by atoms with Crippen LogP contribution >= 0.6 is 15.9 Å². The fraction of sp³-hybridized carbons (Fsp3) is 0.0455. The monoisotopic (exact) mass is 486 g/mol. The zero-order valence-corrected chi connectivity index (χ0v) is 17.5. The summed E-state index contributed by atoms with van der Waals surface area (Å²) in [6.45, 7) is 0. The molecular weight excluding hydrogens is 474 g/mol. The number of carbonyl (C=O) groups excluding carboxylic acids is 1. The van der Waals surface area contributed by atoms with Crippen LogP contribution in [0.1, 0.15) is 10.4 Å². The molecule has 0 N–H and O–H groups in total. The van der Waals surface area contributed by atoms with Crippen LogP contribution in [0.5, 0.6) is 11.6 Å². The Hall–Kier alpha value is -3.59. The molecule has 0 unspecified atom stereocenters. The van der Waals surface area contributed by atoms with Gasteiger partial charge in [-0.1, -0.05) is 15.9 Å². The number of carbonyl (C=O) groups is 1. The highest BCUT2D eigenvalue weighted by Gasteiger charge is 2.16. The summed E-state index contributed by atoms with van der Waals surface area (Å²) in [6.07, 6.45) is 1.44. The Balaban J connectivity index is 1.82. The second-order valence-electron chi connectivity index (χ2n) is 6.42. The highest BCUT2D eigenvalue weighted by atomic mass is 79.9. The van der Waals surface area contributed by atoms with E-state index in [2.05, 4.69) is 21.0 Å². The molecule has 0 fully saturated rings. The molecule has 0 saturated carbocycles. The minimum absolute atomic E-state index is 0.0370. The summed E-state index contributed by atoms with van der Waals surface area (Å²) in [5, 5.41) is 4.25. The van der Waals surface area contributed by atoms with Crippen molar-refractivity contribution in [3.8, 4) is 22.8 Å². The van der Waals surface area contributed by atoms with Gasteiger partial charge in [-0.3, -0.25) is 4.79 Å². The number of hydrogen-bond acceptors (Lipinski definition) is 5. The summed E-state index contributed by atoms with van der Waals surface area (Å²) in [6, 6.07) is 12.0. The number of halogens is 3. The average Bonchev–Trinajstić information content (AvgIpc) is 2.76. The topological polar surface area (TPSA) is 69.9 Å². The maximum Gasteiger partial charge on any atom is 0.337 e. The summed E-state index contributed by atoms with van der Waals surface area (Å²) in [5.41, 5.74) is 1.20. The van der Waals surface area contributed by atoms with E-state index in [1.165, 1.54) is 30.0 Å². The Kier molecular flexibility index (Phi) is 5.51. The van der Waals surface area contributed by atoms with Gasteiger partial charge in [0.25, 0.3) is 0 Å². The van der Waals surface area contributed by atoms with Crippen molar-refractivity contribution >= 4 is 27.4 Å². The molecule has 4 aromatic rings. The first-order chi connectivity index (χ1) is 14.9. The molecule has 0 saturated heterocycles. The lowest BCUT2D eigenvalue weighted by Gasteiger charge is -2.12. The first kappa shape index (κ1) is 20.7. The van der Waals surface area contributed by atoms with Crippen LogP contribution < -0.4 is 10.2 Å². The number of ether oxygens (including phenoxy) is 2. The largest absolute Gasteiger partial charge is 0.465 e. The third-order valence-electron chi connectivity index (χ3n) is 4.47. The van der Waals surface area contributed by atoms with E-state index in [-0.39, 0.29) is 22.6 Å². The van der Waals surface area contributed by atoms with Gasteiger partial charge in [0.2, 0.25) is 5.88 Å². The third-order valence-corrected chi connectivity index (χ3v) is 5.16. The quantitative estimate of drug-likeness (QED) is 0.380. The summed E-state index contributed by atoms with van der Waals surface area (Å²) in [4.78, 5) is 24.6. The lowest BCUT2D eigenvalue weighted by Crippen LogP contribution is -2.10. The number of esters is 1. The van der Waals surface area contributed by atoms with Crippen LogP contribution in [0.25, 0.3) is 16.6 Å². The van der Waals surface area contributed by atoms with E-state index >= 15 is 0 Å². The second kappa shape index (κ2) is 8.27. The molecule has 156 valence electrons. The van der Waals surface area contributed by atoms with Crippen LogP contribution in [0.2, 0.25) is 0 Å². The SMILES string of the molecule is COC(=O)c1ccc(Br)c(-c2c(=O)ccn3nc(Oc4ccc(F)cc4F)ccc23)c1. The van der Waals surface area contributed by atoms with E-state index in [1.807, 2.05) is 0 Å². The Morgan fingerprint density at radius 1 is 1.06 bits per heavy atom. The van der Waals surface area contributed by atoms with Crippen molar-refractivity contribution in [3.05, 3.63) is 92.7 Å². The predicted octanol–water partition coefficient (Wildman–Crippen LogP) is 4.98. The zero-order valence-electron chi connectivity index (χ0n) is 15.9. The van der Waals surface area contributed by atoms with Crippen LogP contribution in [0.15, 0.2) is 70.1 Å². The summed E-state index contributed by atoms with van der Waals surface area (Å²) in [5.74, 6) is -2.29. The average molecular weight is 487 g/mol. The molecule has 2 aromatic carbocycles. The van der Waals surface area contributed by atoms with Crippen molar-refractivity contribution in [1.82, 2.24) is 9.61 Å². The van der Waals surface area contributed by atoms with Gasteiger partial charge in [0, 0.05) is 34.4 Å². The number of nitrogens with zero attached hydrogens (tertiary/aromatic N) is 2. The predicted molar refractivity (Wildman–Crippen MR) is 112 cm³/mol. The van der Waals surface area contributed by atoms with Crippen LogP contribution in [-0.2, 0) is 4.74 Å². The molecule has 0 bridgehead atoms. The number of fused-ring (bicyclic) bond motifs is 1. The van der Waals surface area contributed by atoms with Gasteiger partial charge in [-0.2, -0.15) is 0 Å². The van der Waals surface area contributed by atoms with E-state index in [4.69, 9.17) is 9.47 Å². The normalized spacial score (nSPS) is 10.8. The van der Waals surface area contributed by atoms with Gasteiger partial charge >= 0.3 is 5.97 Å². The minimum atomic E-state index is -0.869. The Morgan fingerprint density at radius 3 is 2.61 bits per heavy atom. The summed E-state index contributed by atoms with van der Waals surface area (Å²) in [7, 11) is 1.27. The number of benzene rings is 2. The molecule has 0 aliphatic carbocycles. The summed E-state index contributed by atoms with van der Waals surface area (Å²) < 4.78 is 39.1. The molecular formula is C22H13BrF2N2O4. The van der Waals surface area contributed by atoms with E-state index < -0.39 is 17.6 Å². The Bertz CT molecular complexity index is 1390. The van der Waals surface area contributed by atoms with Gasteiger partial charge in [0.05, 0.1) is 23.8 Å². The molecule has 0 aliphatic heterocycles. The fourth-order valence-electron chi connectivity index (χ4n) is 3.04. The van der Waals surface area contributed by atoms with Crippen molar-refractivity contribution in [2.24, 2.45) is 0 Å². The van der Waals surface area contributed by atoms with Gasteiger partial charge in [-0.25, -0.2) is 18.1 Å². The van der Waals surface area contributed by atoms with Crippen molar-refractivity contribution in [3.63, 3.8) is 0 Å². The van der Waals surface area contributed by atoms with Crippen LogP contribution in [0.3, 0.4) is 0 Å². The molecule has 9 heteroatoms. The van der Waals surface area contributed by atoms with Crippen molar-refractivity contribution in [2.75, 3.05) is 7.11 Å². The molecule has 0 atom stereocenters. The standard InChI is InChI=1S/C22H13BrF2N2O4/c1-30-22(29)12-2-4-15(23)14(10-12)21-17-5-7-20(26-27(17)9-8-18(21)28)31-19-6-3-13(24)11-16(19)25/h2-11H,1H3. The van der Waals surface area contributed by atoms with E-state index in [1.54, 1.807) is 24.3 Å². The Morgan fingerprint density at radius 2 is 1.87 bits per heavy atom. The Labute approximate surface area is 182 Å². The van der Waals surface area contributed by atoms with Crippen molar-refractivity contribution < 1.29 is 23.0 Å². The molecule has 0 spiro atoms. The number of pyridine rings is 1. The van der Waals surface area contributed by atoms with Gasteiger partial charge < -0.3 is 9.47 Å². The van der Waals surface area contributed by atoms with Gasteiger partial charge in [0.1, 0.15) is 5.82 Å². The van der Waals surface area contributed by atoms with Crippen LogP contribution in [-0.4, -0.2) is 22.7 Å². The first-order valence-corrected chi connectivity index (χ1v) is 9.70.